The molecule has 0 amide bonds. The molecule has 3 heteroatoms. The summed E-state index contributed by atoms with van der Waals surface area (Å²) in [5.41, 5.74) is 14.1. The van der Waals surface area contributed by atoms with Crippen molar-refractivity contribution >= 4 is 17.3 Å². The smallest absolute Gasteiger partial charge is 0.0445 e. The summed E-state index contributed by atoms with van der Waals surface area (Å²) in [6.07, 6.45) is 10.9. The Bertz CT molecular complexity index is 1390. The predicted molar refractivity (Wildman–Crippen MR) is 172 cm³/mol. The van der Waals surface area contributed by atoms with Gasteiger partial charge in [0.1, 0.15) is 0 Å². The standard InChI is InChI=1S/C37H47N3/c1-7-8-32-21-30(25-38-29(32)4)22-34-23-35(14-11-28(34)3)40-19-17-39(18-20-40)26-33-15-16-37(5,6)24-36(33)31-12-9-27(2)10-13-31/h7-14,21,23,25H,15-20,22,24,26H2,1-6H3/b8-7-. The SMILES string of the molecule is C/C=C\c1cc(Cc2cc(N3CCN(CC4=C(c5ccc(C)cc5)CC(C)(C)CC4)CC3)ccc2C)cnc1C. The Labute approximate surface area is 242 Å². The first kappa shape index (κ1) is 28.4. The van der Waals surface area contributed by atoms with Gasteiger partial charge in [0.15, 0.2) is 0 Å². The molecule has 0 radical (unpaired) electrons. The molecule has 2 aliphatic rings. The zero-order valence-corrected chi connectivity index (χ0v) is 25.6. The molecule has 1 saturated heterocycles. The van der Waals surface area contributed by atoms with Crippen LogP contribution in [0.5, 0.6) is 0 Å². The van der Waals surface area contributed by atoms with Crippen LogP contribution in [0.25, 0.3) is 11.6 Å². The number of anilines is 1. The van der Waals surface area contributed by atoms with E-state index in [1.165, 1.54) is 58.3 Å². The Balaban J connectivity index is 1.26. The van der Waals surface area contributed by atoms with Gasteiger partial charge >= 0.3 is 0 Å². The fraction of sp³-hybridized carbons (Fsp3) is 0.432. The van der Waals surface area contributed by atoms with Crippen molar-refractivity contribution in [3.8, 4) is 0 Å². The third-order valence-corrected chi connectivity index (χ3v) is 8.99. The minimum atomic E-state index is 0.383. The Morgan fingerprint density at radius 1 is 0.925 bits per heavy atom. The van der Waals surface area contributed by atoms with E-state index in [0.717, 1.165) is 44.8 Å². The minimum absolute atomic E-state index is 0.383. The summed E-state index contributed by atoms with van der Waals surface area (Å²) < 4.78 is 0. The van der Waals surface area contributed by atoms with E-state index in [9.17, 15) is 0 Å². The van der Waals surface area contributed by atoms with Crippen molar-refractivity contribution in [2.45, 2.75) is 67.2 Å². The van der Waals surface area contributed by atoms with Crippen molar-refractivity contribution in [2.24, 2.45) is 5.41 Å². The fourth-order valence-electron chi connectivity index (χ4n) is 6.31. The van der Waals surface area contributed by atoms with Gasteiger partial charge in [0.25, 0.3) is 0 Å². The molecule has 3 nitrogen and oxygen atoms in total. The van der Waals surface area contributed by atoms with Crippen molar-refractivity contribution in [1.82, 2.24) is 9.88 Å². The van der Waals surface area contributed by atoms with E-state index in [1.807, 2.05) is 6.20 Å². The molecule has 40 heavy (non-hydrogen) atoms. The summed E-state index contributed by atoms with van der Waals surface area (Å²) >= 11 is 0. The Morgan fingerprint density at radius 3 is 2.40 bits per heavy atom. The molecule has 1 aromatic heterocycles. The maximum Gasteiger partial charge on any atom is 0.0445 e. The third-order valence-electron chi connectivity index (χ3n) is 8.99. The predicted octanol–water partition coefficient (Wildman–Crippen LogP) is 8.42. The van der Waals surface area contributed by atoms with Crippen LogP contribution < -0.4 is 4.90 Å². The molecule has 0 bridgehead atoms. The molecule has 1 fully saturated rings. The van der Waals surface area contributed by atoms with Gasteiger partial charge in [-0.1, -0.05) is 67.5 Å². The maximum atomic E-state index is 4.66. The number of allylic oxidation sites excluding steroid dienone is 2. The van der Waals surface area contributed by atoms with Gasteiger partial charge < -0.3 is 4.90 Å². The lowest BCUT2D eigenvalue weighted by Gasteiger charge is -2.39. The highest BCUT2D eigenvalue weighted by molar-refractivity contribution is 5.70. The fourth-order valence-corrected chi connectivity index (χ4v) is 6.31. The third kappa shape index (κ3) is 6.75. The van der Waals surface area contributed by atoms with E-state index in [2.05, 4.69) is 117 Å². The van der Waals surface area contributed by atoms with Crippen molar-refractivity contribution in [1.29, 1.82) is 0 Å². The van der Waals surface area contributed by atoms with E-state index in [-0.39, 0.29) is 0 Å². The average molecular weight is 534 g/mol. The van der Waals surface area contributed by atoms with Crippen LogP contribution in [0.15, 0.2) is 66.4 Å². The number of benzene rings is 2. The molecule has 0 atom stereocenters. The van der Waals surface area contributed by atoms with E-state index in [1.54, 1.807) is 11.1 Å². The monoisotopic (exact) mass is 533 g/mol. The topological polar surface area (TPSA) is 19.4 Å². The Kier molecular flexibility index (Phi) is 8.61. The van der Waals surface area contributed by atoms with Crippen LogP contribution in [0.4, 0.5) is 5.69 Å². The molecule has 0 N–H and O–H groups in total. The molecular formula is C37H47N3. The first-order valence-electron chi connectivity index (χ1n) is 15.1. The quantitative estimate of drug-likeness (QED) is 0.304. The molecule has 3 aromatic rings. The molecule has 2 aromatic carbocycles. The Morgan fingerprint density at radius 2 is 1.68 bits per heavy atom. The number of nitrogens with zero attached hydrogens (tertiary/aromatic N) is 3. The molecule has 1 aliphatic heterocycles. The number of aryl methyl sites for hydroxylation is 3. The van der Waals surface area contributed by atoms with Gasteiger partial charge in [0.05, 0.1) is 0 Å². The lowest BCUT2D eigenvalue weighted by atomic mass is 9.72. The zero-order valence-electron chi connectivity index (χ0n) is 25.6. The van der Waals surface area contributed by atoms with Crippen molar-refractivity contribution < 1.29 is 0 Å². The number of hydrogen-bond acceptors (Lipinski definition) is 3. The molecule has 210 valence electrons. The molecule has 2 heterocycles. The highest BCUT2D eigenvalue weighted by Gasteiger charge is 2.29. The van der Waals surface area contributed by atoms with Gasteiger partial charge in [-0.05, 0) is 110 Å². The van der Waals surface area contributed by atoms with Crippen LogP contribution in [-0.4, -0.2) is 42.6 Å². The van der Waals surface area contributed by atoms with Crippen LogP contribution in [0.3, 0.4) is 0 Å². The van der Waals surface area contributed by atoms with Gasteiger partial charge in [-0.25, -0.2) is 0 Å². The average Bonchev–Trinajstić information content (AvgIpc) is 2.94. The first-order valence-corrected chi connectivity index (χ1v) is 15.1. The lowest BCUT2D eigenvalue weighted by molar-refractivity contribution is 0.264. The molecule has 0 unspecified atom stereocenters. The summed E-state index contributed by atoms with van der Waals surface area (Å²) in [5.74, 6) is 0. The minimum Gasteiger partial charge on any atom is -0.369 e. The molecule has 0 spiro atoms. The second-order valence-electron chi connectivity index (χ2n) is 12.9. The lowest BCUT2D eigenvalue weighted by Crippen LogP contribution is -2.47. The molecule has 1 aliphatic carbocycles. The summed E-state index contributed by atoms with van der Waals surface area (Å²) in [4.78, 5) is 9.93. The number of aromatic nitrogens is 1. The number of hydrogen-bond donors (Lipinski definition) is 0. The van der Waals surface area contributed by atoms with Crippen molar-refractivity contribution in [3.05, 3.63) is 105 Å². The van der Waals surface area contributed by atoms with Gasteiger partial charge in [-0.2, -0.15) is 0 Å². The summed E-state index contributed by atoms with van der Waals surface area (Å²) in [6, 6.07) is 18.5. The molecule has 5 rings (SSSR count). The van der Waals surface area contributed by atoms with Crippen molar-refractivity contribution in [3.63, 3.8) is 0 Å². The van der Waals surface area contributed by atoms with Crippen molar-refractivity contribution in [2.75, 3.05) is 37.6 Å². The summed E-state index contributed by atoms with van der Waals surface area (Å²) in [6.45, 7) is 18.9. The number of pyridine rings is 1. The van der Waals surface area contributed by atoms with E-state index in [4.69, 9.17) is 0 Å². The maximum absolute atomic E-state index is 4.66. The van der Waals surface area contributed by atoms with Crippen LogP contribution in [-0.2, 0) is 6.42 Å². The number of piperazine rings is 1. The van der Waals surface area contributed by atoms with E-state index < -0.39 is 0 Å². The van der Waals surface area contributed by atoms with Crippen LogP contribution in [0.2, 0.25) is 0 Å². The second-order valence-corrected chi connectivity index (χ2v) is 12.9. The highest BCUT2D eigenvalue weighted by atomic mass is 15.3. The van der Waals surface area contributed by atoms with Gasteiger partial charge in [-0.3, -0.25) is 9.88 Å². The normalized spacial score (nSPS) is 18.1. The highest BCUT2D eigenvalue weighted by Crippen LogP contribution is 2.43. The largest absolute Gasteiger partial charge is 0.369 e. The summed E-state index contributed by atoms with van der Waals surface area (Å²) in [7, 11) is 0. The molecule has 0 saturated carbocycles. The van der Waals surface area contributed by atoms with E-state index >= 15 is 0 Å². The van der Waals surface area contributed by atoms with Gasteiger partial charge in [-0.15, -0.1) is 0 Å². The summed E-state index contributed by atoms with van der Waals surface area (Å²) in [5, 5.41) is 0. The van der Waals surface area contributed by atoms with Crippen LogP contribution >= 0.6 is 0 Å². The van der Waals surface area contributed by atoms with E-state index in [0.29, 0.717) is 5.41 Å². The zero-order chi connectivity index (χ0) is 28.3. The van der Waals surface area contributed by atoms with Gasteiger partial charge in [0, 0.05) is 50.3 Å². The Hall–Kier alpha value is -3.17. The van der Waals surface area contributed by atoms with Crippen LogP contribution in [0, 0.1) is 26.2 Å². The second kappa shape index (κ2) is 12.1. The number of rotatable bonds is 7. The van der Waals surface area contributed by atoms with Crippen LogP contribution in [0.1, 0.15) is 79.1 Å². The van der Waals surface area contributed by atoms with Gasteiger partial charge in [0.2, 0.25) is 0 Å². The molecular weight excluding hydrogens is 486 g/mol. The first-order chi connectivity index (χ1) is 19.2.